The standard InChI is InChI=1S/C21H31N3O6S/c1-21(20(26)22-15-8-6-5-7-9-15)14-23(31(4,27)28)13-19(25)24(21)16-10-17(29-2)12-18(11-16)30-3/h10-12,15H,5-9,13-14H2,1-4H3,(H,22,26)/t21-/m1/s1. The zero-order valence-corrected chi connectivity index (χ0v) is 19.3. The first-order chi connectivity index (χ1) is 14.6. The Morgan fingerprint density at radius 3 is 2.19 bits per heavy atom. The normalized spacial score (nSPS) is 23.5. The van der Waals surface area contributed by atoms with Crippen LogP contribution in [0.25, 0.3) is 0 Å². The van der Waals surface area contributed by atoms with Crippen molar-refractivity contribution in [3.63, 3.8) is 0 Å². The van der Waals surface area contributed by atoms with E-state index in [9.17, 15) is 18.0 Å². The summed E-state index contributed by atoms with van der Waals surface area (Å²) < 4.78 is 36.2. The van der Waals surface area contributed by atoms with Crippen molar-refractivity contribution in [1.29, 1.82) is 0 Å². The zero-order chi connectivity index (χ0) is 22.8. The Hall–Kier alpha value is -2.33. The molecule has 1 saturated heterocycles. The van der Waals surface area contributed by atoms with Gasteiger partial charge in [-0.2, -0.15) is 4.31 Å². The Balaban J connectivity index is 2.04. The van der Waals surface area contributed by atoms with Crippen LogP contribution >= 0.6 is 0 Å². The number of benzene rings is 1. The molecule has 31 heavy (non-hydrogen) atoms. The molecule has 0 unspecified atom stereocenters. The first-order valence-electron chi connectivity index (χ1n) is 10.4. The molecule has 0 spiro atoms. The molecular weight excluding hydrogens is 422 g/mol. The number of nitrogens with one attached hydrogen (secondary N) is 1. The zero-order valence-electron chi connectivity index (χ0n) is 18.5. The van der Waals surface area contributed by atoms with E-state index in [1.165, 1.54) is 19.1 Å². The average molecular weight is 454 g/mol. The van der Waals surface area contributed by atoms with Crippen molar-refractivity contribution in [3.8, 4) is 11.5 Å². The number of piperazine rings is 1. The Morgan fingerprint density at radius 1 is 1.10 bits per heavy atom. The second kappa shape index (κ2) is 9.04. The van der Waals surface area contributed by atoms with Gasteiger partial charge in [0.2, 0.25) is 21.8 Å². The molecule has 172 valence electrons. The lowest BCUT2D eigenvalue weighted by Gasteiger charge is -2.47. The molecule has 1 aliphatic heterocycles. The number of anilines is 1. The van der Waals surface area contributed by atoms with Gasteiger partial charge in [-0.25, -0.2) is 8.42 Å². The SMILES string of the molecule is COc1cc(OC)cc(N2C(=O)CN(S(C)(=O)=O)C[C@]2(C)C(=O)NC2CCCCC2)c1. The molecule has 1 aliphatic carbocycles. The van der Waals surface area contributed by atoms with Crippen molar-refractivity contribution in [2.45, 2.75) is 50.6 Å². The van der Waals surface area contributed by atoms with Crippen LogP contribution in [0.4, 0.5) is 5.69 Å². The third-order valence-corrected chi connectivity index (χ3v) is 7.23. The summed E-state index contributed by atoms with van der Waals surface area (Å²) in [7, 11) is -0.677. The number of ether oxygens (including phenoxy) is 2. The maximum absolute atomic E-state index is 13.5. The number of nitrogens with zero attached hydrogens (tertiary/aromatic N) is 2. The molecule has 1 saturated carbocycles. The largest absolute Gasteiger partial charge is 0.497 e. The van der Waals surface area contributed by atoms with Gasteiger partial charge in [0.25, 0.3) is 0 Å². The molecule has 0 radical (unpaired) electrons. The highest BCUT2D eigenvalue weighted by Crippen LogP contribution is 2.36. The predicted octanol–water partition coefficient (Wildman–Crippen LogP) is 1.52. The van der Waals surface area contributed by atoms with E-state index in [0.717, 1.165) is 42.7 Å². The van der Waals surface area contributed by atoms with E-state index >= 15 is 0 Å². The van der Waals surface area contributed by atoms with Gasteiger partial charge in [-0.05, 0) is 19.8 Å². The van der Waals surface area contributed by atoms with Crippen LogP contribution in [-0.4, -0.2) is 69.7 Å². The van der Waals surface area contributed by atoms with E-state index in [0.29, 0.717) is 17.2 Å². The van der Waals surface area contributed by atoms with E-state index in [1.54, 1.807) is 25.1 Å². The third-order valence-electron chi connectivity index (χ3n) is 6.03. The maximum atomic E-state index is 13.5. The van der Waals surface area contributed by atoms with E-state index in [4.69, 9.17) is 9.47 Å². The van der Waals surface area contributed by atoms with Gasteiger partial charge in [-0.3, -0.25) is 14.5 Å². The summed E-state index contributed by atoms with van der Waals surface area (Å²) in [5.41, 5.74) is -1.02. The number of sulfonamides is 1. The van der Waals surface area contributed by atoms with Crippen LogP contribution in [0.2, 0.25) is 0 Å². The number of hydrogen-bond donors (Lipinski definition) is 1. The van der Waals surface area contributed by atoms with Gasteiger partial charge in [0.05, 0.1) is 32.7 Å². The lowest BCUT2D eigenvalue weighted by Crippen LogP contribution is -2.70. The smallest absolute Gasteiger partial charge is 0.247 e. The van der Waals surface area contributed by atoms with Crippen LogP contribution in [0.5, 0.6) is 11.5 Å². The Morgan fingerprint density at radius 2 is 1.68 bits per heavy atom. The van der Waals surface area contributed by atoms with Crippen LogP contribution in [0.3, 0.4) is 0 Å². The van der Waals surface area contributed by atoms with Crippen LogP contribution < -0.4 is 19.7 Å². The molecule has 1 heterocycles. The molecule has 9 nitrogen and oxygen atoms in total. The monoisotopic (exact) mass is 453 g/mol. The van der Waals surface area contributed by atoms with Crippen molar-refractivity contribution >= 4 is 27.5 Å². The van der Waals surface area contributed by atoms with Crippen molar-refractivity contribution in [2.75, 3.05) is 38.5 Å². The fourth-order valence-electron chi connectivity index (χ4n) is 4.31. The van der Waals surface area contributed by atoms with Gasteiger partial charge in [0.1, 0.15) is 17.0 Å². The van der Waals surface area contributed by atoms with Gasteiger partial charge in [-0.1, -0.05) is 19.3 Å². The van der Waals surface area contributed by atoms with Crippen LogP contribution in [0.1, 0.15) is 39.0 Å². The minimum absolute atomic E-state index is 0.0171. The third kappa shape index (κ3) is 4.95. The van der Waals surface area contributed by atoms with Crippen molar-refractivity contribution in [1.82, 2.24) is 9.62 Å². The number of amides is 2. The van der Waals surface area contributed by atoms with Crippen molar-refractivity contribution in [2.24, 2.45) is 0 Å². The van der Waals surface area contributed by atoms with Gasteiger partial charge in [0, 0.05) is 30.8 Å². The van der Waals surface area contributed by atoms with E-state index in [2.05, 4.69) is 5.32 Å². The van der Waals surface area contributed by atoms with Crippen LogP contribution in [0.15, 0.2) is 18.2 Å². The summed E-state index contributed by atoms with van der Waals surface area (Å²) in [5.74, 6) is 0.0571. The first kappa shape index (κ1) is 23.3. The number of rotatable bonds is 6. The molecule has 10 heteroatoms. The van der Waals surface area contributed by atoms with Crippen molar-refractivity contribution < 1.29 is 27.5 Å². The highest BCUT2D eigenvalue weighted by atomic mass is 32.2. The molecule has 2 fully saturated rings. The second-order valence-corrected chi connectivity index (χ2v) is 10.4. The highest BCUT2D eigenvalue weighted by Gasteiger charge is 2.50. The minimum atomic E-state index is -3.67. The average Bonchev–Trinajstić information content (AvgIpc) is 2.73. The van der Waals surface area contributed by atoms with E-state index < -0.39 is 21.5 Å². The van der Waals surface area contributed by atoms with Crippen LogP contribution in [-0.2, 0) is 19.6 Å². The summed E-state index contributed by atoms with van der Waals surface area (Å²) in [5, 5.41) is 3.06. The van der Waals surface area contributed by atoms with E-state index in [1.807, 2.05) is 0 Å². The molecule has 1 atom stereocenters. The molecule has 2 aliphatic rings. The first-order valence-corrected chi connectivity index (χ1v) is 12.3. The maximum Gasteiger partial charge on any atom is 0.247 e. The molecule has 2 amide bonds. The van der Waals surface area contributed by atoms with Gasteiger partial charge in [0.15, 0.2) is 0 Å². The highest BCUT2D eigenvalue weighted by molar-refractivity contribution is 7.88. The van der Waals surface area contributed by atoms with Gasteiger partial charge < -0.3 is 14.8 Å². The Kier molecular flexibility index (Phi) is 6.80. The lowest BCUT2D eigenvalue weighted by atomic mass is 9.91. The summed E-state index contributed by atoms with van der Waals surface area (Å²) >= 11 is 0. The lowest BCUT2D eigenvalue weighted by molar-refractivity contribution is -0.133. The summed E-state index contributed by atoms with van der Waals surface area (Å²) in [6, 6.07) is 4.97. The number of carbonyl (C=O) groups excluding carboxylic acids is 2. The van der Waals surface area contributed by atoms with Crippen molar-refractivity contribution in [3.05, 3.63) is 18.2 Å². The molecular formula is C21H31N3O6S. The Bertz CT molecular complexity index is 922. The molecule has 1 aromatic rings. The fraction of sp³-hybridized carbons (Fsp3) is 0.619. The van der Waals surface area contributed by atoms with Gasteiger partial charge >= 0.3 is 0 Å². The summed E-state index contributed by atoms with van der Waals surface area (Å²) in [6.07, 6.45) is 6.00. The summed E-state index contributed by atoms with van der Waals surface area (Å²) in [4.78, 5) is 28.1. The number of hydrogen-bond acceptors (Lipinski definition) is 6. The molecule has 1 N–H and O–H groups in total. The second-order valence-electron chi connectivity index (χ2n) is 8.41. The molecule has 0 bridgehead atoms. The molecule has 0 aromatic heterocycles. The number of methoxy groups -OCH3 is 2. The predicted molar refractivity (Wildman–Crippen MR) is 117 cm³/mol. The number of carbonyl (C=O) groups is 2. The minimum Gasteiger partial charge on any atom is -0.497 e. The topological polar surface area (TPSA) is 105 Å². The fourth-order valence-corrected chi connectivity index (χ4v) is 5.14. The van der Waals surface area contributed by atoms with Crippen LogP contribution in [0, 0.1) is 0 Å². The Labute approximate surface area is 183 Å². The molecule has 1 aromatic carbocycles. The molecule has 3 rings (SSSR count). The van der Waals surface area contributed by atoms with E-state index in [-0.39, 0.29) is 25.0 Å². The quantitative estimate of drug-likeness (QED) is 0.700. The van der Waals surface area contributed by atoms with Gasteiger partial charge in [-0.15, -0.1) is 0 Å². The summed E-state index contributed by atoms with van der Waals surface area (Å²) in [6.45, 7) is 1.12.